The minimum atomic E-state index is -0.693. The molecule has 1 amide bonds. The second kappa shape index (κ2) is 10.8. The van der Waals surface area contributed by atoms with Crippen molar-refractivity contribution in [3.05, 3.63) is 59.0 Å². The number of aromatic amines is 1. The van der Waals surface area contributed by atoms with Gasteiger partial charge in [-0.2, -0.15) is 5.26 Å². The predicted octanol–water partition coefficient (Wildman–Crippen LogP) is 3.15. The molecular formula is C27H27N5O7. The highest BCUT2D eigenvalue weighted by molar-refractivity contribution is 5.75. The maximum Gasteiger partial charge on any atom is 0.415 e. The van der Waals surface area contributed by atoms with E-state index in [1.54, 1.807) is 24.1 Å². The smallest absolute Gasteiger partial charge is 0.415 e. The molecule has 1 aromatic heterocycles. The first kappa shape index (κ1) is 25.7. The number of fused-ring (bicyclic) bond motifs is 1. The molecule has 3 N–H and O–H groups in total. The second-order valence-electron chi connectivity index (χ2n) is 8.69. The summed E-state index contributed by atoms with van der Waals surface area (Å²) < 4.78 is 33.2. The molecule has 1 fully saturated rings. The van der Waals surface area contributed by atoms with Gasteiger partial charge in [-0.1, -0.05) is 0 Å². The molecule has 3 heterocycles. The summed E-state index contributed by atoms with van der Waals surface area (Å²) in [5.74, 6) is 0.769. The third-order valence-electron chi connectivity index (χ3n) is 6.59. The zero-order valence-electron chi connectivity index (χ0n) is 21.6. The number of amides is 1. The summed E-state index contributed by atoms with van der Waals surface area (Å²) in [5.41, 5.74) is 8.97. The van der Waals surface area contributed by atoms with Crippen LogP contribution >= 0.6 is 0 Å². The van der Waals surface area contributed by atoms with E-state index >= 15 is 0 Å². The van der Waals surface area contributed by atoms with Crippen LogP contribution in [0.3, 0.4) is 0 Å². The lowest BCUT2D eigenvalue weighted by molar-refractivity contribution is 0.0411. The molecule has 0 aliphatic carbocycles. The van der Waals surface area contributed by atoms with Crippen molar-refractivity contribution in [3.63, 3.8) is 0 Å². The number of carbonyl (C=O) groups excluding carboxylic acids is 1. The number of nitrogens with zero attached hydrogens (tertiary/aromatic N) is 3. The number of carbonyl (C=O) groups is 1. The van der Waals surface area contributed by atoms with E-state index in [2.05, 4.69) is 16.3 Å². The molecule has 202 valence electrons. The van der Waals surface area contributed by atoms with Crippen LogP contribution in [0.2, 0.25) is 0 Å². The van der Waals surface area contributed by atoms with Crippen molar-refractivity contribution in [3.8, 4) is 46.2 Å². The number of benzene rings is 2. The number of aromatic nitrogens is 2. The number of ether oxygens (including phenoxy) is 6. The highest BCUT2D eigenvalue weighted by Crippen LogP contribution is 2.49. The lowest BCUT2D eigenvalue weighted by Gasteiger charge is -2.27. The molecule has 3 aromatic rings. The van der Waals surface area contributed by atoms with E-state index in [1.165, 1.54) is 14.2 Å². The Hall–Kier alpha value is -4.89. The van der Waals surface area contributed by atoms with Crippen LogP contribution < -0.4 is 29.4 Å². The molecule has 0 saturated carbocycles. The predicted molar refractivity (Wildman–Crippen MR) is 138 cm³/mol. The molecule has 0 spiro atoms. The Morgan fingerprint density at radius 1 is 1.10 bits per heavy atom. The number of morpholine rings is 1. The standard InChI is InChI=1S/C27H27N5O7/c1-34-17-6-4-15(5-7-17)23-22-21(18(14-28)25(29)39-26(22)31-30-23)16-12-19(35-2)24(20(13-16)36-3)38-27(33)32-8-10-37-11-9-32/h4-7,12-13,21H,8-11,29H2,1-3H3,(H,30,31)/t21-/m0/s1. The fourth-order valence-corrected chi connectivity index (χ4v) is 4.62. The van der Waals surface area contributed by atoms with Crippen LogP contribution in [0.25, 0.3) is 11.3 Å². The number of H-pyrrole nitrogens is 1. The zero-order chi connectivity index (χ0) is 27.5. The van der Waals surface area contributed by atoms with Gasteiger partial charge in [0.2, 0.25) is 17.5 Å². The first-order valence-electron chi connectivity index (χ1n) is 12.1. The maximum atomic E-state index is 12.8. The van der Waals surface area contributed by atoms with Crippen molar-refractivity contribution in [1.82, 2.24) is 15.1 Å². The minimum Gasteiger partial charge on any atom is -0.497 e. The van der Waals surface area contributed by atoms with Crippen LogP contribution in [0, 0.1) is 11.3 Å². The molecule has 0 bridgehead atoms. The Balaban J connectivity index is 1.60. The Morgan fingerprint density at radius 3 is 2.36 bits per heavy atom. The molecule has 12 heteroatoms. The molecule has 2 aliphatic rings. The van der Waals surface area contributed by atoms with E-state index in [0.29, 0.717) is 48.9 Å². The monoisotopic (exact) mass is 533 g/mol. The van der Waals surface area contributed by atoms with Gasteiger partial charge in [0.05, 0.1) is 51.7 Å². The first-order chi connectivity index (χ1) is 19.0. The number of nitrogens with two attached hydrogens (primary N) is 1. The minimum absolute atomic E-state index is 0.0662. The lowest BCUT2D eigenvalue weighted by atomic mass is 9.82. The highest BCUT2D eigenvalue weighted by Gasteiger charge is 2.37. The summed E-state index contributed by atoms with van der Waals surface area (Å²) in [7, 11) is 4.50. The average Bonchev–Trinajstić information content (AvgIpc) is 3.40. The number of allylic oxidation sites excluding steroid dienone is 1. The van der Waals surface area contributed by atoms with Gasteiger partial charge in [0.25, 0.3) is 0 Å². The van der Waals surface area contributed by atoms with Crippen molar-refractivity contribution >= 4 is 6.09 Å². The van der Waals surface area contributed by atoms with Gasteiger partial charge in [0.1, 0.15) is 17.4 Å². The van der Waals surface area contributed by atoms with Crippen molar-refractivity contribution < 1.29 is 33.2 Å². The molecule has 1 saturated heterocycles. The van der Waals surface area contributed by atoms with Crippen molar-refractivity contribution in [2.24, 2.45) is 5.73 Å². The van der Waals surface area contributed by atoms with E-state index in [9.17, 15) is 10.1 Å². The summed E-state index contributed by atoms with van der Waals surface area (Å²) in [6.07, 6.45) is -0.547. The molecular weight excluding hydrogens is 506 g/mol. The molecule has 0 unspecified atom stereocenters. The van der Waals surface area contributed by atoms with Gasteiger partial charge in [-0.05, 0) is 42.0 Å². The van der Waals surface area contributed by atoms with Crippen LogP contribution in [0.15, 0.2) is 47.9 Å². The number of nitrogens with one attached hydrogen (secondary N) is 1. The topological polar surface area (TPSA) is 154 Å². The molecule has 0 radical (unpaired) electrons. The first-order valence-corrected chi connectivity index (χ1v) is 12.1. The Kier molecular flexibility index (Phi) is 7.16. The highest BCUT2D eigenvalue weighted by atomic mass is 16.6. The average molecular weight is 534 g/mol. The molecule has 2 aliphatic heterocycles. The van der Waals surface area contributed by atoms with E-state index in [1.807, 2.05) is 24.3 Å². The van der Waals surface area contributed by atoms with E-state index in [0.717, 1.165) is 5.56 Å². The van der Waals surface area contributed by atoms with Crippen LogP contribution in [0.1, 0.15) is 17.0 Å². The Morgan fingerprint density at radius 2 is 1.77 bits per heavy atom. The van der Waals surface area contributed by atoms with Gasteiger partial charge in [-0.3, -0.25) is 5.10 Å². The Bertz CT molecular complexity index is 1430. The van der Waals surface area contributed by atoms with Crippen molar-refractivity contribution in [1.29, 1.82) is 5.26 Å². The number of hydrogen-bond donors (Lipinski definition) is 2. The number of nitriles is 1. The Labute approximate surface area is 224 Å². The fourth-order valence-electron chi connectivity index (χ4n) is 4.62. The maximum absolute atomic E-state index is 12.8. The van der Waals surface area contributed by atoms with Crippen molar-refractivity contribution in [2.75, 3.05) is 47.6 Å². The quantitative estimate of drug-likeness (QED) is 0.483. The van der Waals surface area contributed by atoms with Gasteiger partial charge in [-0.25, -0.2) is 4.79 Å². The summed E-state index contributed by atoms with van der Waals surface area (Å²) in [5, 5.41) is 17.4. The van der Waals surface area contributed by atoms with Crippen LogP contribution in [-0.4, -0.2) is 68.8 Å². The zero-order valence-corrected chi connectivity index (χ0v) is 21.6. The van der Waals surface area contributed by atoms with E-state index in [4.69, 9.17) is 34.2 Å². The molecule has 1 atom stereocenters. The van der Waals surface area contributed by atoms with Gasteiger partial charge in [0, 0.05) is 18.7 Å². The normalized spacial score (nSPS) is 16.6. The molecule has 5 rings (SSSR count). The number of rotatable bonds is 6. The van der Waals surface area contributed by atoms with Crippen LogP contribution in [-0.2, 0) is 4.74 Å². The van der Waals surface area contributed by atoms with Crippen LogP contribution in [0.5, 0.6) is 28.9 Å². The summed E-state index contributed by atoms with van der Waals surface area (Å²) in [4.78, 5) is 14.4. The lowest BCUT2D eigenvalue weighted by Crippen LogP contribution is -2.42. The fraction of sp³-hybridized carbons (Fsp3) is 0.296. The molecule has 39 heavy (non-hydrogen) atoms. The van der Waals surface area contributed by atoms with Crippen molar-refractivity contribution in [2.45, 2.75) is 5.92 Å². The summed E-state index contributed by atoms with van der Waals surface area (Å²) in [6.45, 7) is 1.69. The number of hydrogen-bond acceptors (Lipinski definition) is 10. The molecule has 2 aromatic carbocycles. The van der Waals surface area contributed by atoms with Gasteiger partial charge < -0.3 is 39.1 Å². The van der Waals surface area contributed by atoms with Gasteiger partial charge in [0.15, 0.2) is 11.5 Å². The molecule has 12 nitrogen and oxygen atoms in total. The summed E-state index contributed by atoms with van der Waals surface area (Å²) in [6, 6.07) is 12.9. The second-order valence-corrected chi connectivity index (χ2v) is 8.69. The third-order valence-corrected chi connectivity index (χ3v) is 6.59. The van der Waals surface area contributed by atoms with E-state index < -0.39 is 12.0 Å². The van der Waals surface area contributed by atoms with Gasteiger partial charge in [-0.15, -0.1) is 5.10 Å². The number of methoxy groups -OCH3 is 3. The largest absolute Gasteiger partial charge is 0.497 e. The van der Waals surface area contributed by atoms with Gasteiger partial charge >= 0.3 is 6.09 Å². The SMILES string of the molecule is COc1ccc(-c2[nH]nc3c2[C@@H](c2cc(OC)c(OC(=O)N4CCOCC4)c(OC)c2)C(C#N)=C(N)O3)cc1. The summed E-state index contributed by atoms with van der Waals surface area (Å²) >= 11 is 0. The third kappa shape index (κ3) is 4.75. The van der Waals surface area contributed by atoms with Crippen LogP contribution in [0.4, 0.5) is 4.79 Å². The van der Waals surface area contributed by atoms with E-state index in [-0.39, 0.29) is 34.6 Å².